The molecule has 0 spiro atoms. The van der Waals surface area contributed by atoms with E-state index in [4.69, 9.17) is 0 Å². The highest BCUT2D eigenvalue weighted by molar-refractivity contribution is 6.07. The number of benzene rings is 1. The molecule has 2 aliphatic heterocycles. The number of likely N-dealkylation sites (tertiary alicyclic amines) is 1. The van der Waals surface area contributed by atoms with Gasteiger partial charge in [0.25, 0.3) is 0 Å². The Labute approximate surface area is 248 Å². The van der Waals surface area contributed by atoms with E-state index < -0.39 is 12.2 Å². The first-order valence-corrected chi connectivity index (χ1v) is 14.6. The molecule has 2 saturated heterocycles. The van der Waals surface area contributed by atoms with Crippen molar-refractivity contribution in [2.24, 2.45) is 7.05 Å². The zero-order valence-electron chi connectivity index (χ0n) is 24.3. The van der Waals surface area contributed by atoms with Crippen molar-refractivity contribution in [3.8, 4) is 0 Å². The van der Waals surface area contributed by atoms with Gasteiger partial charge in [0.1, 0.15) is 25.1 Å². The van der Waals surface area contributed by atoms with Gasteiger partial charge in [-0.1, -0.05) is 6.07 Å². The Morgan fingerprint density at radius 2 is 1.88 bits per heavy atom. The molecule has 4 aromatic rings. The second-order valence-corrected chi connectivity index (χ2v) is 11.6. The molecule has 2 aliphatic rings. The lowest BCUT2D eigenvalue weighted by molar-refractivity contribution is -0.139. The van der Waals surface area contributed by atoms with Gasteiger partial charge in [0.2, 0.25) is 11.8 Å². The molecule has 6 rings (SSSR count). The van der Waals surface area contributed by atoms with Crippen LogP contribution in [0.2, 0.25) is 0 Å². The molecule has 0 radical (unpaired) electrons. The largest absolute Gasteiger partial charge is 0.367 e. The molecule has 1 aromatic carbocycles. The molecule has 5 heterocycles. The summed E-state index contributed by atoms with van der Waals surface area (Å²) in [7, 11) is 1.86. The quantitative estimate of drug-likeness (QED) is 0.316. The first-order chi connectivity index (χ1) is 20.7. The topological polar surface area (TPSA) is 118 Å². The van der Waals surface area contributed by atoms with E-state index in [0.29, 0.717) is 18.5 Å². The van der Waals surface area contributed by atoms with Gasteiger partial charge >= 0.3 is 0 Å². The van der Waals surface area contributed by atoms with Crippen LogP contribution in [-0.2, 0) is 29.6 Å². The number of halogens is 1. The summed E-state index contributed by atoms with van der Waals surface area (Å²) >= 11 is 0. The molecular weight excluding hydrogens is 551 g/mol. The number of anilines is 1. The summed E-state index contributed by atoms with van der Waals surface area (Å²) in [6.07, 6.45) is 11.4. The number of piperidine rings is 1. The number of hydrogen-bond acceptors (Lipinski definition) is 7. The van der Waals surface area contributed by atoms with E-state index in [1.165, 1.54) is 18.2 Å². The molecule has 0 aliphatic carbocycles. The third kappa shape index (κ3) is 6.13. The maximum atomic E-state index is 14.7. The third-order valence-electron chi connectivity index (χ3n) is 8.35. The maximum Gasteiger partial charge on any atom is 0.243 e. The van der Waals surface area contributed by atoms with Gasteiger partial charge < -0.3 is 19.7 Å². The van der Waals surface area contributed by atoms with Crippen LogP contribution in [0.25, 0.3) is 10.9 Å². The minimum atomic E-state index is -1.28. The summed E-state index contributed by atoms with van der Waals surface area (Å²) in [5, 5.41) is 8.06. The number of amides is 2. The van der Waals surface area contributed by atoms with E-state index in [-0.39, 0.29) is 43.1 Å². The van der Waals surface area contributed by atoms with Crippen molar-refractivity contribution in [2.45, 2.75) is 57.4 Å². The van der Waals surface area contributed by atoms with Gasteiger partial charge in [-0.15, -0.1) is 0 Å². The number of alkyl halides is 1. The van der Waals surface area contributed by atoms with Crippen molar-refractivity contribution in [1.29, 1.82) is 0 Å². The molecule has 1 unspecified atom stereocenters. The summed E-state index contributed by atoms with van der Waals surface area (Å²) < 4.78 is 18.1. The van der Waals surface area contributed by atoms with Crippen LogP contribution in [0.3, 0.4) is 0 Å². The molecular formula is C31H35FN8O3. The molecule has 224 valence electrons. The van der Waals surface area contributed by atoms with Gasteiger partial charge in [-0.25, -0.2) is 14.4 Å². The molecule has 11 nitrogen and oxygen atoms in total. The second-order valence-electron chi connectivity index (χ2n) is 11.6. The maximum absolute atomic E-state index is 14.7. The lowest BCUT2D eigenvalue weighted by Gasteiger charge is -2.35. The van der Waals surface area contributed by atoms with Gasteiger partial charge in [-0.05, 0) is 43.0 Å². The smallest absolute Gasteiger partial charge is 0.243 e. The summed E-state index contributed by atoms with van der Waals surface area (Å²) in [4.78, 5) is 51.2. The highest BCUT2D eigenvalue weighted by Crippen LogP contribution is 2.27. The van der Waals surface area contributed by atoms with Gasteiger partial charge in [0, 0.05) is 80.3 Å². The number of Topliss-reactive ketones (excluding diaryl/α,β-unsaturated/α-hetero) is 1. The molecule has 3 atom stereocenters. The van der Waals surface area contributed by atoms with Crippen LogP contribution in [0, 0.1) is 0 Å². The number of aryl methyl sites for hydroxylation is 1. The normalized spacial score (nSPS) is 20.5. The molecule has 3 aromatic heterocycles. The molecule has 12 heteroatoms. The fourth-order valence-corrected chi connectivity index (χ4v) is 6.27. The minimum Gasteiger partial charge on any atom is -0.367 e. The van der Waals surface area contributed by atoms with E-state index in [9.17, 15) is 18.8 Å². The number of carbonyl (C=O) groups is 3. The van der Waals surface area contributed by atoms with Crippen LogP contribution in [0.5, 0.6) is 0 Å². The number of carbonyl (C=O) groups excluding carboxylic acids is 3. The Balaban J connectivity index is 1.16. The molecule has 43 heavy (non-hydrogen) atoms. The molecule has 2 amide bonds. The molecule has 0 saturated carbocycles. The Morgan fingerprint density at radius 1 is 1.07 bits per heavy atom. The van der Waals surface area contributed by atoms with Crippen molar-refractivity contribution >= 4 is 34.2 Å². The Morgan fingerprint density at radius 3 is 2.63 bits per heavy atom. The SMILES string of the molecule is CC(=O)c1cn(CC(=O)N2C[C@H](F)C[C@H]2C(=O)NC2CCCN(c3cnn(C)c3)C2)c2ccc(Cc3cncnc3)cc12. The average molecular weight is 587 g/mol. The second kappa shape index (κ2) is 11.9. The van der Waals surface area contributed by atoms with Crippen molar-refractivity contribution in [3.63, 3.8) is 0 Å². The van der Waals surface area contributed by atoms with Crippen LogP contribution in [0.4, 0.5) is 10.1 Å². The Kier molecular flexibility index (Phi) is 7.92. The molecule has 1 N–H and O–H groups in total. The van der Waals surface area contributed by atoms with Crippen LogP contribution >= 0.6 is 0 Å². The monoisotopic (exact) mass is 586 g/mol. The van der Waals surface area contributed by atoms with Crippen molar-refractivity contribution in [2.75, 3.05) is 24.5 Å². The van der Waals surface area contributed by atoms with E-state index >= 15 is 0 Å². The zero-order valence-corrected chi connectivity index (χ0v) is 24.3. The van der Waals surface area contributed by atoms with Crippen LogP contribution in [-0.4, -0.2) is 84.7 Å². The predicted octanol–water partition coefficient (Wildman–Crippen LogP) is 2.68. The number of nitrogens with zero attached hydrogens (tertiary/aromatic N) is 7. The summed E-state index contributed by atoms with van der Waals surface area (Å²) in [6.45, 7) is 2.75. The van der Waals surface area contributed by atoms with Crippen LogP contribution in [0.15, 0.2) is 55.5 Å². The fourth-order valence-electron chi connectivity index (χ4n) is 6.27. The minimum absolute atomic E-state index is 0.0334. The van der Waals surface area contributed by atoms with E-state index in [1.54, 1.807) is 34.0 Å². The van der Waals surface area contributed by atoms with Gasteiger partial charge in [-0.3, -0.25) is 19.1 Å². The van der Waals surface area contributed by atoms with Crippen molar-refractivity contribution in [1.82, 2.24) is 34.5 Å². The predicted molar refractivity (Wildman–Crippen MR) is 158 cm³/mol. The number of aromatic nitrogens is 5. The number of rotatable bonds is 8. The first-order valence-electron chi connectivity index (χ1n) is 14.6. The number of ketones is 1. The summed E-state index contributed by atoms with van der Waals surface area (Å²) in [5.41, 5.74) is 4.14. The highest BCUT2D eigenvalue weighted by atomic mass is 19.1. The molecule has 0 bridgehead atoms. The van der Waals surface area contributed by atoms with Gasteiger partial charge in [0.05, 0.1) is 18.4 Å². The average Bonchev–Trinajstić information content (AvgIpc) is 3.70. The molecule has 2 fully saturated rings. The van der Waals surface area contributed by atoms with Crippen LogP contribution in [0.1, 0.15) is 47.7 Å². The lowest BCUT2D eigenvalue weighted by Crippen LogP contribution is -2.53. The van der Waals surface area contributed by atoms with Crippen LogP contribution < -0.4 is 10.2 Å². The van der Waals surface area contributed by atoms with E-state index in [1.807, 2.05) is 31.4 Å². The fraction of sp³-hybridized carbons (Fsp3) is 0.419. The highest BCUT2D eigenvalue weighted by Gasteiger charge is 2.40. The number of hydrogen-bond donors (Lipinski definition) is 1. The Hall–Kier alpha value is -4.61. The van der Waals surface area contributed by atoms with E-state index in [2.05, 4.69) is 25.3 Å². The summed E-state index contributed by atoms with van der Waals surface area (Å²) in [5.74, 6) is -0.812. The van der Waals surface area contributed by atoms with Crippen molar-refractivity contribution in [3.05, 3.63) is 72.2 Å². The van der Waals surface area contributed by atoms with Crippen molar-refractivity contribution < 1.29 is 18.8 Å². The number of nitrogens with one attached hydrogen (secondary N) is 1. The summed E-state index contributed by atoms with van der Waals surface area (Å²) in [6, 6.07) is 4.79. The lowest BCUT2D eigenvalue weighted by atomic mass is 10.0. The zero-order chi connectivity index (χ0) is 30.1. The standard InChI is InChI=1S/C31H35FN8O3/c1-20(41)27-17-39(28-6-5-21(9-26(27)28)8-22-11-33-19-34-12-22)18-30(42)40-14-23(32)10-29(40)31(43)36-24-4-3-7-38(15-24)25-13-35-37(2)16-25/h5-6,9,11-13,16-17,19,23-24,29H,3-4,7-8,10,14-15,18H2,1-2H3,(H,36,43)/t23-,24?,29+/m1/s1. The first kappa shape index (κ1) is 28.5. The van der Waals surface area contributed by atoms with Gasteiger partial charge in [-0.2, -0.15) is 5.10 Å². The number of fused-ring (bicyclic) bond motifs is 1. The van der Waals surface area contributed by atoms with E-state index in [0.717, 1.165) is 47.1 Å². The third-order valence-corrected chi connectivity index (χ3v) is 8.35. The van der Waals surface area contributed by atoms with Gasteiger partial charge in [0.15, 0.2) is 5.78 Å². The Bertz CT molecular complexity index is 1650.